The number of amides is 2. The zero-order valence-corrected chi connectivity index (χ0v) is 17.3. The lowest BCUT2D eigenvalue weighted by Gasteiger charge is -2.08. The Hall–Kier alpha value is -4.54. The number of nitrogens with zero attached hydrogens (tertiary/aromatic N) is 5. The van der Waals surface area contributed by atoms with E-state index in [4.69, 9.17) is 2.74 Å². The molecule has 0 spiro atoms. The van der Waals surface area contributed by atoms with Crippen LogP contribution in [0.25, 0.3) is 11.4 Å². The molecule has 4 rings (SSSR count). The van der Waals surface area contributed by atoms with E-state index >= 15 is 0 Å². The van der Waals surface area contributed by atoms with Gasteiger partial charge >= 0.3 is 0 Å². The zero-order valence-electron chi connectivity index (χ0n) is 19.3. The molecule has 0 radical (unpaired) electrons. The molecule has 0 bridgehead atoms. The van der Waals surface area contributed by atoms with E-state index in [9.17, 15) is 14.0 Å². The highest BCUT2D eigenvalue weighted by atomic mass is 19.1. The van der Waals surface area contributed by atoms with Crippen LogP contribution in [0.2, 0.25) is 0 Å². The minimum absolute atomic E-state index is 0.0750. The van der Waals surface area contributed by atoms with Crippen molar-refractivity contribution in [1.82, 2.24) is 41.2 Å². The van der Waals surface area contributed by atoms with Gasteiger partial charge in [0.15, 0.2) is 0 Å². The fraction of sp³-hybridized carbons (Fsp3) is 0.136. The lowest BCUT2D eigenvalue weighted by atomic mass is 10.1. The van der Waals surface area contributed by atoms with Gasteiger partial charge in [0.25, 0.3) is 11.8 Å². The predicted molar refractivity (Wildman–Crippen MR) is 115 cm³/mol. The van der Waals surface area contributed by atoms with Gasteiger partial charge in [-0.2, -0.15) is 5.21 Å². The maximum Gasteiger partial charge on any atom is 0.270 e. The summed E-state index contributed by atoms with van der Waals surface area (Å²) in [6.07, 6.45) is 1.04. The number of H-pyrrole nitrogens is 1. The van der Waals surface area contributed by atoms with Gasteiger partial charge in [0.1, 0.15) is 23.5 Å². The molecule has 0 aliphatic rings. The second kappa shape index (κ2) is 9.73. The molecule has 0 saturated heterocycles. The van der Waals surface area contributed by atoms with Crippen LogP contribution in [0.1, 0.15) is 40.4 Å². The van der Waals surface area contributed by atoms with Crippen LogP contribution >= 0.6 is 0 Å². The van der Waals surface area contributed by atoms with Crippen molar-refractivity contribution in [2.24, 2.45) is 0 Å². The van der Waals surface area contributed by atoms with E-state index < -0.39 is 18.3 Å². The highest BCUT2D eigenvalue weighted by Crippen LogP contribution is 2.14. The van der Waals surface area contributed by atoms with Gasteiger partial charge in [-0.25, -0.2) is 14.4 Å². The van der Waals surface area contributed by atoms with Crippen molar-refractivity contribution in [2.45, 2.75) is 20.0 Å². The van der Waals surface area contributed by atoms with E-state index in [1.807, 2.05) is 0 Å². The van der Waals surface area contributed by atoms with E-state index in [2.05, 4.69) is 41.2 Å². The van der Waals surface area contributed by atoms with Gasteiger partial charge in [-0.05, 0) is 34.9 Å². The number of hydrogen-bond donors (Lipinski definition) is 3. The largest absolute Gasteiger partial charge is 0.347 e. The summed E-state index contributed by atoms with van der Waals surface area (Å²) in [5.41, 5.74) is 1.69. The molecule has 166 valence electrons. The average Bonchev–Trinajstić information content (AvgIpc) is 3.39. The lowest BCUT2D eigenvalue weighted by molar-refractivity contribution is 0.0944. The number of aromatic nitrogens is 6. The Labute approximate surface area is 190 Å². The van der Waals surface area contributed by atoms with Gasteiger partial charge in [-0.15, -0.1) is 10.2 Å². The molecular formula is C22H19FN8O2. The van der Waals surface area contributed by atoms with Gasteiger partial charge in [0.2, 0.25) is 5.82 Å². The first-order chi connectivity index (χ1) is 16.7. The minimum Gasteiger partial charge on any atom is -0.347 e. The maximum atomic E-state index is 13.4. The topological polar surface area (TPSA) is 138 Å². The zero-order chi connectivity index (χ0) is 25.0. The Morgan fingerprint density at radius 3 is 2.36 bits per heavy atom. The molecular weight excluding hydrogens is 427 g/mol. The fourth-order valence-corrected chi connectivity index (χ4v) is 2.87. The third-order valence-electron chi connectivity index (χ3n) is 4.62. The summed E-state index contributed by atoms with van der Waals surface area (Å²) >= 11 is 0. The summed E-state index contributed by atoms with van der Waals surface area (Å²) in [6.45, 7) is -0.481. The first-order valence-electron chi connectivity index (χ1n) is 10.7. The molecule has 10 nitrogen and oxygen atoms in total. The Morgan fingerprint density at radius 1 is 1.00 bits per heavy atom. The Bertz CT molecular complexity index is 1360. The maximum absolute atomic E-state index is 13.4. The van der Waals surface area contributed by atoms with Gasteiger partial charge in [-0.3, -0.25) is 9.59 Å². The Kier molecular flexibility index (Phi) is 5.65. The number of benzene rings is 2. The van der Waals surface area contributed by atoms with E-state index in [0.717, 1.165) is 12.4 Å². The highest BCUT2D eigenvalue weighted by molar-refractivity contribution is 5.97. The van der Waals surface area contributed by atoms with Crippen LogP contribution in [-0.2, 0) is 13.0 Å². The quantitative estimate of drug-likeness (QED) is 0.393. The number of carbonyl (C=O) groups excluding carboxylic acids is 2. The van der Waals surface area contributed by atoms with Crippen molar-refractivity contribution < 1.29 is 16.7 Å². The van der Waals surface area contributed by atoms with Crippen molar-refractivity contribution in [1.29, 1.82) is 0 Å². The van der Waals surface area contributed by atoms with Crippen molar-refractivity contribution in [2.75, 3.05) is 0 Å². The number of nitrogens with one attached hydrogen (secondary N) is 3. The van der Waals surface area contributed by atoms with Crippen LogP contribution in [0.3, 0.4) is 0 Å². The monoisotopic (exact) mass is 448 g/mol. The first-order valence-corrected chi connectivity index (χ1v) is 9.75. The molecule has 0 unspecified atom stereocenters. The molecule has 0 fully saturated rings. The lowest BCUT2D eigenvalue weighted by Crippen LogP contribution is -2.27. The average molecular weight is 448 g/mol. The smallest absolute Gasteiger partial charge is 0.270 e. The van der Waals surface area contributed by atoms with Crippen molar-refractivity contribution >= 4 is 11.8 Å². The summed E-state index contributed by atoms with van der Waals surface area (Å²) in [5, 5.41) is 18.4. The van der Waals surface area contributed by atoms with Gasteiger partial charge in [-0.1, -0.05) is 36.4 Å². The number of carbonyl (C=O) groups is 2. The SMILES string of the molecule is [2H]C([2H])(NC(=O)c1cc(C(=O)NCc2ccc(F)c(C)c2)ncn1)c1ccc(-c2nn[nH]n2)cc1. The number of tetrazole rings is 1. The van der Waals surface area contributed by atoms with Crippen molar-refractivity contribution in [3.63, 3.8) is 0 Å². The minimum atomic E-state index is -2.24. The number of aromatic amines is 1. The summed E-state index contributed by atoms with van der Waals surface area (Å²) in [5.74, 6) is -1.39. The molecule has 2 amide bonds. The predicted octanol–water partition coefficient (Wildman–Crippen LogP) is 1.96. The third-order valence-corrected chi connectivity index (χ3v) is 4.62. The van der Waals surface area contributed by atoms with Crippen LogP contribution in [0.5, 0.6) is 0 Å². The number of halogens is 1. The van der Waals surface area contributed by atoms with E-state index in [0.29, 0.717) is 22.5 Å². The number of hydrogen-bond acceptors (Lipinski definition) is 7. The highest BCUT2D eigenvalue weighted by Gasteiger charge is 2.13. The van der Waals surface area contributed by atoms with E-state index in [-0.39, 0.29) is 29.3 Å². The summed E-state index contributed by atoms with van der Waals surface area (Å²) in [6, 6.07) is 11.8. The molecule has 11 heteroatoms. The molecule has 4 aromatic rings. The Balaban J connectivity index is 1.42. The van der Waals surface area contributed by atoms with Gasteiger partial charge in [0, 0.05) is 24.7 Å². The van der Waals surface area contributed by atoms with Gasteiger partial charge in [0.05, 0.1) is 2.74 Å². The molecule has 0 aliphatic heterocycles. The number of aryl methyl sites for hydroxylation is 1. The van der Waals surface area contributed by atoms with Crippen LogP contribution in [-0.4, -0.2) is 42.4 Å². The number of rotatable bonds is 7. The summed E-state index contributed by atoms with van der Waals surface area (Å²) in [4.78, 5) is 32.9. The molecule has 2 aromatic heterocycles. The second-order valence-electron chi connectivity index (χ2n) is 6.95. The van der Waals surface area contributed by atoms with E-state index in [1.165, 1.54) is 18.2 Å². The molecule has 0 atom stereocenters. The molecule has 0 saturated carbocycles. The van der Waals surface area contributed by atoms with Crippen LogP contribution in [0.15, 0.2) is 54.9 Å². The van der Waals surface area contributed by atoms with Crippen molar-refractivity contribution in [3.05, 3.63) is 88.8 Å². The Morgan fingerprint density at radius 2 is 1.70 bits per heavy atom. The van der Waals surface area contributed by atoms with Crippen LogP contribution < -0.4 is 10.6 Å². The third kappa shape index (κ3) is 5.39. The van der Waals surface area contributed by atoms with Crippen LogP contribution in [0.4, 0.5) is 4.39 Å². The fourth-order valence-electron chi connectivity index (χ4n) is 2.87. The van der Waals surface area contributed by atoms with E-state index in [1.54, 1.807) is 31.2 Å². The summed E-state index contributed by atoms with van der Waals surface area (Å²) < 4.78 is 29.9. The standard InChI is InChI=1S/C22H19FN8O2/c1-13-8-15(4-7-17(13)23)11-25-22(33)19-9-18(26-12-27-19)21(32)24-10-14-2-5-16(6-3-14)20-28-30-31-29-20/h2-9,12H,10-11H2,1H3,(H,24,32)(H,25,33)(H,28,29,30,31)/i10D2. The van der Waals surface area contributed by atoms with Gasteiger partial charge < -0.3 is 10.6 Å². The molecule has 2 heterocycles. The summed E-state index contributed by atoms with van der Waals surface area (Å²) in [7, 11) is 0. The molecule has 0 aliphatic carbocycles. The first kappa shape index (κ1) is 19.2. The second-order valence-corrected chi connectivity index (χ2v) is 6.95. The molecule has 33 heavy (non-hydrogen) atoms. The van der Waals surface area contributed by atoms with Crippen molar-refractivity contribution in [3.8, 4) is 11.4 Å². The molecule has 2 aromatic carbocycles. The van der Waals surface area contributed by atoms with Crippen LogP contribution in [0, 0.1) is 12.7 Å². The normalized spacial score (nSPS) is 11.9. The molecule has 3 N–H and O–H groups in total.